The maximum atomic E-state index is 13.7. The summed E-state index contributed by atoms with van der Waals surface area (Å²) in [6, 6.07) is 5.13. The van der Waals surface area contributed by atoms with Crippen molar-refractivity contribution in [3.8, 4) is 0 Å². The summed E-state index contributed by atoms with van der Waals surface area (Å²) in [5, 5.41) is 3.78. The van der Waals surface area contributed by atoms with Gasteiger partial charge in [-0.3, -0.25) is 9.59 Å². The van der Waals surface area contributed by atoms with Crippen LogP contribution in [0.25, 0.3) is 0 Å². The highest BCUT2D eigenvalue weighted by atomic mass is 35.5. The molecule has 6 nitrogen and oxygen atoms in total. The summed E-state index contributed by atoms with van der Waals surface area (Å²) >= 11 is 6.65. The standard InChI is InChI=1S/C34H55ClN4O2/c1-8-39(28-16-14-27(15-17-28)37(5)6)31-21-26(35)20-29(23(31)2)32(40)36-22-30-24(3)34(25(4)38(7)33(30)41)18-12-10-9-11-13-19-34/h20-21,24-25,27-28,30H,8-19,22H2,1-7H3,(H,36,40). The Morgan fingerprint density at radius 3 is 2.20 bits per heavy atom. The third kappa shape index (κ3) is 6.59. The number of nitrogens with one attached hydrogen (secondary N) is 1. The van der Waals surface area contributed by atoms with Crippen molar-refractivity contribution in [1.29, 1.82) is 0 Å². The number of amides is 2. The van der Waals surface area contributed by atoms with E-state index in [4.69, 9.17) is 11.6 Å². The van der Waals surface area contributed by atoms with Gasteiger partial charge in [-0.2, -0.15) is 0 Å². The number of hydrogen-bond donors (Lipinski definition) is 1. The molecule has 0 aromatic heterocycles. The summed E-state index contributed by atoms with van der Waals surface area (Å²) in [5.41, 5.74) is 2.76. The van der Waals surface area contributed by atoms with Crippen LogP contribution in [0.3, 0.4) is 0 Å². The minimum absolute atomic E-state index is 0.116. The third-order valence-corrected chi connectivity index (χ3v) is 11.7. The van der Waals surface area contributed by atoms with Crippen molar-refractivity contribution in [2.24, 2.45) is 17.3 Å². The number of anilines is 1. The molecule has 3 fully saturated rings. The van der Waals surface area contributed by atoms with Gasteiger partial charge in [-0.1, -0.05) is 50.6 Å². The van der Waals surface area contributed by atoms with E-state index in [1.54, 1.807) is 6.07 Å². The molecule has 0 radical (unpaired) electrons. The predicted molar refractivity (Wildman–Crippen MR) is 171 cm³/mol. The SMILES string of the molecule is CCN(c1cc(Cl)cc(C(=O)NCC2C(=O)N(C)C(C)C3(CCCCCCC3)C2C)c1C)C1CCC(N(C)C)CC1. The molecule has 4 rings (SSSR count). The Hall–Kier alpha value is -1.79. The molecular weight excluding hydrogens is 532 g/mol. The average molecular weight is 587 g/mol. The van der Waals surface area contributed by atoms with Crippen LogP contribution in [-0.2, 0) is 4.79 Å². The molecule has 2 aliphatic carbocycles. The van der Waals surface area contributed by atoms with E-state index in [2.05, 4.69) is 50.0 Å². The molecule has 1 N–H and O–H groups in total. The first kappa shape index (κ1) is 32.1. The summed E-state index contributed by atoms with van der Waals surface area (Å²) in [6.07, 6.45) is 13.3. The number of carbonyl (C=O) groups is 2. The Labute approximate surface area is 254 Å². The summed E-state index contributed by atoms with van der Waals surface area (Å²) in [6.45, 7) is 9.99. The second-order valence-electron chi connectivity index (χ2n) is 13.5. The second-order valence-corrected chi connectivity index (χ2v) is 14.0. The Balaban J connectivity index is 1.51. The van der Waals surface area contributed by atoms with Crippen LogP contribution in [0.4, 0.5) is 5.69 Å². The van der Waals surface area contributed by atoms with Crippen LogP contribution in [0, 0.1) is 24.2 Å². The van der Waals surface area contributed by atoms with Gasteiger partial charge in [0.2, 0.25) is 5.91 Å². The number of piperidine rings is 1. The fourth-order valence-electron chi connectivity index (χ4n) is 8.54. The third-order valence-electron chi connectivity index (χ3n) is 11.4. The molecule has 2 saturated carbocycles. The van der Waals surface area contributed by atoms with Gasteiger partial charge in [0.1, 0.15) is 0 Å². The normalized spacial score (nSPS) is 28.9. The van der Waals surface area contributed by atoms with Gasteiger partial charge in [0.05, 0.1) is 5.92 Å². The summed E-state index contributed by atoms with van der Waals surface area (Å²) < 4.78 is 0. The monoisotopic (exact) mass is 586 g/mol. The summed E-state index contributed by atoms with van der Waals surface area (Å²) in [7, 11) is 6.31. The van der Waals surface area contributed by atoms with E-state index in [9.17, 15) is 9.59 Å². The molecular formula is C34H55ClN4O2. The molecule has 41 heavy (non-hydrogen) atoms. The number of halogens is 1. The van der Waals surface area contributed by atoms with Crippen molar-refractivity contribution in [2.45, 2.75) is 116 Å². The lowest BCUT2D eigenvalue weighted by molar-refractivity contribution is -0.155. The van der Waals surface area contributed by atoms with Crippen LogP contribution in [0.1, 0.15) is 107 Å². The van der Waals surface area contributed by atoms with Gasteiger partial charge >= 0.3 is 0 Å². The molecule has 3 atom stereocenters. The van der Waals surface area contributed by atoms with E-state index >= 15 is 0 Å². The van der Waals surface area contributed by atoms with Crippen molar-refractivity contribution >= 4 is 29.1 Å². The lowest BCUT2D eigenvalue weighted by Gasteiger charge is -2.55. The van der Waals surface area contributed by atoms with Crippen molar-refractivity contribution in [3.63, 3.8) is 0 Å². The Bertz CT molecular complexity index is 1060. The quantitative estimate of drug-likeness (QED) is 0.377. The van der Waals surface area contributed by atoms with Crippen LogP contribution >= 0.6 is 11.6 Å². The highest BCUT2D eigenvalue weighted by Crippen LogP contribution is 2.51. The Morgan fingerprint density at radius 1 is 1.02 bits per heavy atom. The largest absolute Gasteiger partial charge is 0.369 e. The molecule has 2 amide bonds. The van der Waals surface area contributed by atoms with Gasteiger partial charge in [-0.25, -0.2) is 0 Å². The van der Waals surface area contributed by atoms with Crippen molar-refractivity contribution in [3.05, 3.63) is 28.3 Å². The molecule has 3 unspecified atom stereocenters. The number of rotatable bonds is 7. The van der Waals surface area contributed by atoms with Gasteiger partial charge in [0, 0.05) is 54.5 Å². The highest BCUT2D eigenvalue weighted by molar-refractivity contribution is 6.31. The molecule has 1 heterocycles. The first-order valence-corrected chi connectivity index (χ1v) is 16.7. The maximum absolute atomic E-state index is 13.7. The van der Waals surface area contributed by atoms with E-state index in [0.29, 0.717) is 29.2 Å². The zero-order chi connectivity index (χ0) is 29.9. The molecule has 1 aliphatic heterocycles. The van der Waals surface area contributed by atoms with Gasteiger partial charge in [-0.05, 0) is 102 Å². The minimum atomic E-state index is -0.211. The smallest absolute Gasteiger partial charge is 0.251 e. The van der Waals surface area contributed by atoms with Crippen LogP contribution in [0.15, 0.2) is 12.1 Å². The number of likely N-dealkylation sites (tertiary alicyclic amines) is 1. The topological polar surface area (TPSA) is 55.9 Å². The number of nitrogens with zero attached hydrogens (tertiary/aromatic N) is 3. The van der Waals surface area contributed by atoms with Crippen molar-refractivity contribution in [1.82, 2.24) is 15.1 Å². The zero-order valence-corrected chi connectivity index (χ0v) is 27.5. The van der Waals surface area contributed by atoms with Gasteiger partial charge in [0.25, 0.3) is 5.91 Å². The molecule has 230 valence electrons. The maximum Gasteiger partial charge on any atom is 0.251 e. The summed E-state index contributed by atoms with van der Waals surface area (Å²) in [5.74, 6) is 0.0413. The zero-order valence-electron chi connectivity index (χ0n) is 26.8. The van der Waals surface area contributed by atoms with E-state index in [1.165, 1.54) is 44.9 Å². The van der Waals surface area contributed by atoms with Crippen molar-refractivity contribution < 1.29 is 9.59 Å². The average Bonchev–Trinajstić information content (AvgIpc) is 2.93. The number of carbonyl (C=O) groups excluding carboxylic acids is 2. The lowest BCUT2D eigenvalue weighted by atomic mass is 9.58. The predicted octanol–water partition coefficient (Wildman–Crippen LogP) is 6.92. The Kier molecular flexibility index (Phi) is 10.7. The first-order valence-electron chi connectivity index (χ1n) is 16.3. The lowest BCUT2D eigenvalue weighted by Crippen LogP contribution is -2.61. The minimum Gasteiger partial charge on any atom is -0.369 e. The number of benzene rings is 1. The van der Waals surface area contributed by atoms with Crippen LogP contribution < -0.4 is 10.2 Å². The van der Waals surface area contributed by atoms with E-state index in [0.717, 1.165) is 43.5 Å². The van der Waals surface area contributed by atoms with Gasteiger partial charge in [-0.15, -0.1) is 0 Å². The van der Waals surface area contributed by atoms with Gasteiger partial charge < -0.3 is 20.0 Å². The van der Waals surface area contributed by atoms with Gasteiger partial charge in [0.15, 0.2) is 0 Å². The first-order chi connectivity index (χ1) is 19.5. The van der Waals surface area contributed by atoms with Crippen LogP contribution in [0.2, 0.25) is 5.02 Å². The molecule has 1 saturated heterocycles. The fraction of sp³-hybridized carbons (Fsp3) is 0.765. The molecule has 0 bridgehead atoms. The van der Waals surface area contributed by atoms with E-state index in [1.807, 2.05) is 24.9 Å². The number of hydrogen-bond acceptors (Lipinski definition) is 4. The highest BCUT2D eigenvalue weighted by Gasteiger charge is 2.52. The van der Waals surface area contributed by atoms with E-state index in [-0.39, 0.29) is 35.1 Å². The molecule has 1 spiro atoms. The molecule has 1 aromatic rings. The molecule has 1 aromatic carbocycles. The van der Waals surface area contributed by atoms with Crippen LogP contribution in [-0.4, -0.2) is 74.0 Å². The molecule has 7 heteroatoms. The second kappa shape index (κ2) is 13.7. The fourth-order valence-corrected chi connectivity index (χ4v) is 8.75. The van der Waals surface area contributed by atoms with E-state index < -0.39 is 0 Å². The van der Waals surface area contributed by atoms with Crippen LogP contribution in [0.5, 0.6) is 0 Å². The molecule has 3 aliphatic rings. The van der Waals surface area contributed by atoms with Crippen molar-refractivity contribution in [2.75, 3.05) is 39.1 Å². The Morgan fingerprint density at radius 2 is 1.61 bits per heavy atom. The summed E-state index contributed by atoms with van der Waals surface area (Å²) in [4.78, 5) is 34.1.